The van der Waals surface area contributed by atoms with Crippen molar-refractivity contribution in [2.24, 2.45) is 5.73 Å². The van der Waals surface area contributed by atoms with Crippen LogP contribution in [0, 0.1) is 10.1 Å². The molecule has 1 rings (SSSR count). The quantitative estimate of drug-likeness (QED) is 0.378. The Bertz CT molecular complexity index is 505. The number of benzene rings is 1. The van der Waals surface area contributed by atoms with Crippen molar-refractivity contribution in [3.63, 3.8) is 0 Å². The highest BCUT2D eigenvalue weighted by atomic mass is 32.1. The summed E-state index contributed by atoms with van der Waals surface area (Å²) in [6.07, 6.45) is 0. The lowest BCUT2D eigenvalue weighted by Crippen LogP contribution is -2.22. The second kappa shape index (κ2) is 9.94. The number of hydrogen-bond acceptors (Lipinski definition) is 5. The number of nitrogens with two attached hydrogens (primary N) is 1. The lowest BCUT2D eigenvalue weighted by atomic mass is 10.1. The molecule has 1 amide bonds. The van der Waals surface area contributed by atoms with Gasteiger partial charge in [0.15, 0.2) is 0 Å². The van der Waals surface area contributed by atoms with E-state index >= 15 is 0 Å². The van der Waals surface area contributed by atoms with Crippen LogP contribution in [0.3, 0.4) is 0 Å². The van der Waals surface area contributed by atoms with E-state index in [2.05, 4.69) is 18.4 Å². The standard InChI is InChI=1S/C11H14N2O3S.CH3NOS/c1-12(2)11(17)16-8-10-6-4-3-5-9(10)7-13(14)15;2-1(3)4/h3-6H,7-8H2,1-2H3;(H3,2,3,4). The highest BCUT2D eigenvalue weighted by Gasteiger charge is 2.09. The number of amides is 1. The largest absolute Gasteiger partial charge is 0.466 e. The Balaban J connectivity index is 0.000000885. The number of carbonyl (C=O) groups is 1. The normalized spacial score (nSPS) is 9.10. The van der Waals surface area contributed by atoms with Gasteiger partial charge in [0, 0.05) is 24.6 Å². The smallest absolute Gasteiger partial charge is 0.273 e. The number of thiocarbonyl (C=S) groups is 1. The minimum Gasteiger partial charge on any atom is -0.466 e. The molecule has 0 aliphatic heterocycles. The van der Waals surface area contributed by atoms with Gasteiger partial charge in [0.05, 0.1) is 0 Å². The minimum absolute atomic E-state index is 0.200. The maximum Gasteiger partial charge on any atom is 0.273 e. The first kappa shape index (κ1) is 19.1. The van der Waals surface area contributed by atoms with Crippen LogP contribution >= 0.6 is 24.8 Å². The molecule has 7 nitrogen and oxygen atoms in total. The summed E-state index contributed by atoms with van der Waals surface area (Å²) in [4.78, 5) is 20.9. The summed E-state index contributed by atoms with van der Waals surface area (Å²) in [7, 11) is 3.57. The van der Waals surface area contributed by atoms with Crippen molar-refractivity contribution in [3.8, 4) is 0 Å². The van der Waals surface area contributed by atoms with E-state index in [9.17, 15) is 10.1 Å². The third-order valence-corrected chi connectivity index (χ3v) is 2.62. The SMILES string of the molecule is CN(C)C(=S)OCc1ccccc1C[N+](=O)[O-].NC(=O)S. The number of rotatable bonds is 4. The molecule has 0 radical (unpaired) electrons. The predicted molar refractivity (Wildman–Crippen MR) is 86.8 cm³/mol. The molecule has 0 spiro atoms. The molecule has 0 unspecified atom stereocenters. The average molecular weight is 331 g/mol. The summed E-state index contributed by atoms with van der Waals surface area (Å²) in [5.74, 6) is 0. The molecule has 0 aliphatic rings. The van der Waals surface area contributed by atoms with Crippen LogP contribution in [0.15, 0.2) is 24.3 Å². The summed E-state index contributed by atoms with van der Waals surface area (Å²) in [5, 5.41) is 10.2. The molecule has 0 aliphatic carbocycles. The molecule has 9 heteroatoms. The van der Waals surface area contributed by atoms with Gasteiger partial charge in [0.25, 0.3) is 10.4 Å². The number of primary amides is 1. The van der Waals surface area contributed by atoms with Gasteiger partial charge in [-0.25, -0.2) is 0 Å². The summed E-state index contributed by atoms with van der Waals surface area (Å²) in [6, 6.07) is 7.12. The number of ether oxygens (including phenoxy) is 1. The van der Waals surface area contributed by atoms with E-state index in [0.29, 0.717) is 10.7 Å². The van der Waals surface area contributed by atoms with Gasteiger partial charge in [0.2, 0.25) is 6.54 Å². The Kier molecular flexibility index (Phi) is 9.06. The van der Waals surface area contributed by atoms with Crippen LogP contribution in [-0.4, -0.2) is 34.3 Å². The van der Waals surface area contributed by atoms with Crippen molar-refractivity contribution in [1.29, 1.82) is 0 Å². The highest BCUT2D eigenvalue weighted by molar-refractivity contribution is 7.96. The van der Waals surface area contributed by atoms with Gasteiger partial charge in [-0.15, -0.1) is 0 Å². The molecule has 0 saturated heterocycles. The predicted octanol–water partition coefficient (Wildman–Crippen LogP) is 1.82. The van der Waals surface area contributed by atoms with E-state index in [1.807, 2.05) is 6.07 Å². The van der Waals surface area contributed by atoms with Crippen molar-refractivity contribution in [1.82, 2.24) is 4.90 Å². The fraction of sp³-hybridized carbons (Fsp3) is 0.333. The Morgan fingerprint density at radius 1 is 1.43 bits per heavy atom. The maximum atomic E-state index is 10.5. The molecule has 0 saturated carbocycles. The van der Waals surface area contributed by atoms with Crippen LogP contribution in [0.25, 0.3) is 0 Å². The van der Waals surface area contributed by atoms with Crippen molar-refractivity contribution in [2.45, 2.75) is 13.2 Å². The fourth-order valence-corrected chi connectivity index (χ4v) is 1.32. The van der Waals surface area contributed by atoms with E-state index in [4.69, 9.17) is 21.7 Å². The molecule has 1 aromatic rings. The number of carbonyl (C=O) groups excluding carboxylic acids is 1. The van der Waals surface area contributed by atoms with Crippen LogP contribution in [0.4, 0.5) is 4.79 Å². The van der Waals surface area contributed by atoms with Crippen molar-refractivity contribution in [3.05, 3.63) is 45.5 Å². The van der Waals surface area contributed by atoms with E-state index in [0.717, 1.165) is 5.56 Å². The third-order valence-electron chi connectivity index (χ3n) is 2.13. The van der Waals surface area contributed by atoms with Crippen LogP contribution in [0.2, 0.25) is 0 Å². The molecule has 1 aromatic carbocycles. The molecule has 0 bridgehead atoms. The van der Waals surface area contributed by atoms with Gasteiger partial charge in [0.1, 0.15) is 6.61 Å². The molecule has 0 fully saturated rings. The lowest BCUT2D eigenvalue weighted by Gasteiger charge is -2.15. The Morgan fingerprint density at radius 2 is 1.90 bits per heavy atom. The first-order chi connectivity index (χ1) is 9.73. The number of nitro groups is 1. The average Bonchev–Trinajstić information content (AvgIpc) is 2.35. The zero-order chi connectivity index (χ0) is 16.4. The molecule has 0 atom stereocenters. The first-order valence-corrected chi connectivity index (χ1v) is 6.60. The van der Waals surface area contributed by atoms with Gasteiger partial charge >= 0.3 is 0 Å². The van der Waals surface area contributed by atoms with Gasteiger partial charge < -0.3 is 15.4 Å². The van der Waals surface area contributed by atoms with Crippen LogP contribution in [-0.2, 0) is 17.9 Å². The Morgan fingerprint density at radius 3 is 2.33 bits per heavy atom. The molecule has 0 aromatic heterocycles. The summed E-state index contributed by atoms with van der Waals surface area (Å²) in [5.41, 5.74) is 5.77. The van der Waals surface area contributed by atoms with Crippen LogP contribution in [0.5, 0.6) is 0 Å². The Labute approximate surface area is 133 Å². The zero-order valence-corrected chi connectivity index (χ0v) is 13.4. The zero-order valence-electron chi connectivity index (χ0n) is 11.7. The molecular formula is C12H17N3O4S2. The highest BCUT2D eigenvalue weighted by Crippen LogP contribution is 2.11. The first-order valence-electron chi connectivity index (χ1n) is 5.75. The Hall–Kier alpha value is -1.87. The van der Waals surface area contributed by atoms with Gasteiger partial charge in [-0.2, -0.15) is 0 Å². The molecule has 116 valence electrons. The number of thiol groups is 1. The lowest BCUT2D eigenvalue weighted by molar-refractivity contribution is -0.497. The fourth-order valence-electron chi connectivity index (χ4n) is 1.26. The van der Waals surface area contributed by atoms with E-state index < -0.39 is 5.24 Å². The van der Waals surface area contributed by atoms with Gasteiger partial charge in [-0.1, -0.05) is 36.9 Å². The van der Waals surface area contributed by atoms with Gasteiger partial charge in [-0.05, 0) is 17.8 Å². The number of hydrogen-bond donors (Lipinski definition) is 2. The van der Waals surface area contributed by atoms with Gasteiger partial charge in [-0.3, -0.25) is 14.9 Å². The second-order valence-corrected chi connectivity index (χ2v) is 4.84. The van der Waals surface area contributed by atoms with Crippen molar-refractivity contribution < 1.29 is 14.5 Å². The van der Waals surface area contributed by atoms with E-state index in [1.165, 1.54) is 0 Å². The molecular weight excluding hydrogens is 314 g/mol. The summed E-state index contributed by atoms with van der Waals surface area (Å²) >= 11 is 8.08. The second-order valence-electron chi connectivity index (χ2n) is 4.05. The monoisotopic (exact) mass is 331 g/mol. The molecule has 2 N–H and O–H groups in total. The maximum absolute atomic E-state index is 10.5. The summed E-state index contributed by atoms with van der Waals surface area (Å²) in [6.45, 7) is 0.0509. The molecule has 21 heavy (non-hydrogen) atoms. The van der Waals surface area contributed by atoms with Crippen molar-refractivity contribution in [2.75, 3.05) is 14.1 Å². The van der Waals surface area contributed by atoms with E-state index in [1.54, 1.807) is 37.2 Å². The van der Waals surface area contributed by atoms with Crippen molar-refractivity contribution >= 4 is 35.3 Å². The minimum atomic E-state index is -0.639. The third kappa shape index (κ3) is 9.63. The molecule has 0 heterocycles. The topological polar surface area (TPSA) is 98.7 Å². The summed E-state index contributed by atoms with van der Waals surface area (Å²) < 4.78 is 5.35. The van der Waals surface area contributed by atoms with Crippen LogP contribution in [0.1, 0.15) is 11.1 Å². The van der Waals surface area contributed by atoms with Crippen LogP contribution < -0.4 is 5.73 Å². The number of nitrogens with zero attached hydrogens (tertiary/aromatic N) is 2. The van der Waals surface area contributed by atoms with E-state index in [-0.39, 0.29) is 18.1 Å².